The maximum atomic E-state index is 12.3. The van der Waals surface area contributed by atoms with Crippen molar-refractivity contribution in [2.24, 2.45) is 0 Å². The van der Waals surface area contributed by atoms with Gasteiger partial charge in [0.1, 0.15) is 0 Å². The predicted octanol–water partition coefficient (Wildman–Crippen LogP) is 5.77. The van der Waals surface area contributed by atoms with E-state index in [0.29, 0.717) is 24.7 Å². The molecule has 3 aromatic rings. The van der Waals surface area contributed by atoms with Gasteiger partial charge in [-0.1, -0.05) is 63.5 Å². The van der Waals surface area contributed by atoms with Gasteiger partial charge >= 0.3 is 0 Å². The minimum atomic E-state index is -0.226. The third-order valence-electron chi connectivity index (χ3n) is 4.87. The van der Waals surface area contributed by atoms with Crippen molar-refractivity contribution in [3.05, 3.63) is 87.4 Å². The Bertz CT molecular complexity index is 1030. The smallest absolute Gasteiger partial charge is 0.262 e. The Balaban J connectivity index is 1.60. The Kier molecular flexibility index (Phi) is 8.71. The molecule has 0 bridgehead atoms. The molecule has 0 aliphatic heterocycles. The highest BCUT2D eigenvalue weighted by Gasteiger charge is 2.13. The highest BCUT2D eigenvalue weighted by molar-refractivity contribution is 9.10. The average molecular weight is 497 g/mol. The first-order chi connectivity index (χ1) is 15.4. The molecule has 2 N–H and O–H groups in total. The molecule has 1 amide bonds. The largest absolute Gasteiger partial charge is 0.490 e. The zero-order chi connectivity index (χ0) is 22.9. The Morgan fingerprint density at radius 3 is 2.16 bits per heavy atom. The zero-order valence-electron chi connectivity index (χ0n) is 18.7. The van der Waals surface area contributed by atoms with Crippen molar-refractivity contribution in [1.29, 1.82) is 0 Å². The SMILES string of the molecule is CCOc1cc(CNCc2ccc(C)cc2)c(Br)cc1OCC(=O)Nc1ccc(C)cc1. The number of carbonyl (C=O) groups excluding carboxylic acids is 1. The molecule has 0 spiro atoms. The Morgan fingerprint density at radius 1 is 0.875 bits per heavy atom. The van der Waals surface area contributed by atoms with E-state index in [1.54, 1.807) is 0 Å². The monoisotopic (exact) mass is 496 g/mol. The van der Waals surface area contributed by atoms with Crippen molar-refractivity contribution < 1.29 is 14.3 Å². The lowest BCUT2D eigenvalue weighted by Crippen LogP contribution is -2.20. The minimum absolute atomic E-state index is 0.106. The quantitative estimate of drug-likeness (QED) is 0.373. The third kappa shape index (κ3) is 7.11. The second-order valence-corrected chi connectivity index (χ2v) is 8.47. The molecule has 0 aliphatic carbocycles. The molecule has 5 nitrogen and oxygen atoms in total. The number of hydrogen-bond acceptors (Lipinski definition) is 4. The van der Waals surface area contributed by atoms with Gasteiger partial charge in [-0.2, -0.15) is 0 Å². The number of rotatable bonds is 10. The summed E-state index contributed by atoms with van der Waals surface area (Å²) in [5.41, 5.74) is 5.42. The van der Waals surface area contributed by atoms with Crippen molar-refractivity contribution in [1.82, 2.24) is 5.32 Å². The van der Waals surface area contributed by atoms with E-state index in [0.717, 1.165) is 27.8 Å². The van der Waals surface area contributed by atoms with Gasteiger partial charge in [-0.15, -0.1) is 0 Å². The van der Waals surface area contributed by atoms with Crippen LogP contribution in [-0.4, -0.2) is 19.1 Å². The molecule has 0 aromatic heterocycles. The summed E-state index contributed by atoms with van der Waals surface area (Å²) in [7, 11) is 0. The fourth-order valence-electron chi connectivity index (χ4n) is 3.12. The van der Waals surface area contributed by atoms with E-state index in [4.69, 9.17) is 9.47 Å². The van der Waals surface area contributed by atoms with Crippen LogP contribution < -0.4 is 20.1 Å². The zero-order valence-corrected chi connectivity index (χ0v) is 20.3. The van der Waals surface area contributed by atoms with Gasteiger partial charge in [0.2, 0.25) is 0 Å². The lowest BCUT2D eigenvalue weighted by Gasteiger charge is -2.15. The van der Waals surface area contributed by atoms with Gasteiger partial charge in [0, 0.05) is 23.2 Å². The summed E-state index contributed by atoms with van der Waals surface area (Å²) in [5, 5.41) is 6.30. The number of anilines is 1. The van der Waals surface area contributed by atoms with E-state index >= 15 is 0 Å². The molecular formula is C26H29BrN2O3. The number of ether oxygens (including phenoxy) is 2. The first-order valence-electron chi connectivity index (χ1n) is 10.7. The minimum Gasteiger partial charge on any atom is -0.490 e. The Morgan fingerprint density at radius 2 is 1.50 bits per heavy atom. The van der Waals surface area contributed by atoms with Crippen LogP contribution >= 0.6 is 15.9 Å². The number of halogens is 1. The summed E-state index contributed by atoms with van der Waals surface area (Å²) < 4.78 is 12.4. The second kappa shape index (κ2) is 11.7. The van der Waals surface area contributed by atoms with Crippen LogP contribution in [0.25, 0.3) is 0 Å². The predicted molar refractivity (Wildman–Crippen MR) is 132 cm³/mol. The van der Waals surface area contributed by atoms with Gasteiger partial charge in [0.05, 0.1) is 6.61 Å². The van der Waals surface area contributed by atoms with Crippen LogP contribution in [0.3, 0.4) is 0 Å². The molecule has 3 aromatic carbocycles. The van der Waals surface area contributed by atoms with Gasteiger partial charge in [-0.05, 0) is 56.2 Å². The van der Waals surface area contributed by atoms with Crippen molar-refractivity contribution in [2.45, 2.75) is 33.9 Å². The molecule has 6 heteroatoms. The van der Waals surface area contributed by atoms with Crippen LogP contribution in [0.5, 0.6) is 11.5 Å². The number of carbonyl (C=O) groups is 1. The van der Waals surface area contributed by atoms with Crippen LogP contribution in [0.4, 0.5) is 5.69 Å². The molecular weight excluding hydrogens is 468 g/mol. The fraction of sp³-hybridized carbons (Fsp3) is 0.269. The normalized spacial score (nSPS) is 10.6. The van der Waals surface area contributed by atoms with E-state index in [2.05, 4.69) is 57.8 Å². The Hall–Kier alpha value is -2.83. The van der Waals surface area contributed by atoms with Crippen molar-refractivity contribution in [2.75, 3.05) is 18.5 Å². The van der Waals surface area contributed by atoms with Gasteiger partial charge in [0.25, 0.3) is 5.91 Å². The van der Waals surface area contributed by atoms with E-state index < -0.39 is 0 Å². The van der Waals surface area contributed by atoms with Gasteiger partial charge in [-0.25, -0.2) is 0 Å². The van der Waals surface area contributed by atoms with Crippen LogP contribution in [0.1, 0.15) is 29.2 Å². The molecule has 3 rings (SSSR count). The van der Waals surface area contributed by atoms with Crippen molar-refractivity contribution >= 4 is 27.5 Å². The summed E-state index contributed by atoms with van der Waals surface area (Å²) in [6.07, 6.45) is 0. The standard InChI is InChI=1S/C26H29BrN2O3/c1-4-31-24-13-21(16-28-15-20-9-5-18(2)6-10-20)23(27)14-25(24)32-17-26(30)29-22-11-7-19(3)8-12-22/h5-14,28H,4,15-17H2,1-3H3,(H,29,30). The molecule has 0 atom stereocenters. The summed E-state index contributed by atoms with van der Waals surface area (Å²) in [6.45, 7) is 7.85. The summed E-state index contributed by atoms with van der Waals surface area (Å²) >= 11 is 3.62. The highest BCUT2D eigenvalue weighted by atomic mass is 79.9. The third-order valence-corrected chi connectivity index (χ3v) is 5.61. The lowest BCUT2D eigenvalue weighted by atomic mass is 10.1. The molecule has 0 saturated heterocycles. The van der Waals surface area contributed by atoms with Gasteiger partial charge in [-0.3, -0.25) is 4.79 Å². The maximum absolute atomic E-state index is 12.3. The summed E-state index contributed by atoms with van der Waals surface area (Å²) in [5.74, 6) is 0.919. The molecule has 0 saturated carbocycles. The van der Waals surface area contributed by atoms with E-state index in [-0.39, 0.29) is 12.5 Å². The van der Waals surface area contributed by atoms with E-state index in [9.17, 15) is 4.79 Å². The summed E-state index contributed by atoms with van der Waals surface area (Å²) in [6, 6.07) is 19.9. The van der Waals surface area contributed by atoms with Crippen molar-refractivity contribution in [3.63, 3.8) is 0 Å². The van der Waals surface area contributed by atoms with Crippen LogP contribution in [-0.2, 0) is 17.9 Å². The maximum Gasteiger partial charge on any atom is 0.262 e. The molecule has 0 aliphatic rings. The molecule has 0 fully saturated rings. The van der Waals surface area contributed by atoms with Crippen LogP contribution in [0, 0.1) is 13.8 Å². The van der Waals surface area contributed by atoms with Crippen LogP contribution in [0.15, 0.2) is 65.1 Å². The number of amides is 1. The van der Waals surface area contributed by atoms with E-state index in [1.165, 1.54) is 11.1 Å². The first-order valence-corrected chi connectivity index (χ1v) is 11.4. The average Bonchev–Trinajstić information content (AvgIpc) is 2.77. The van der Waals surface area contributed by atoms with Gasteiger partial charge < -0.3 is 20.1 Å². The molecule has 0 heterocycles. The van der Waals surface area contributed by atoms with Crippen molar-refractivity contribution in [3.8, 4) is 11.5 Å². The second-order valence-electron chi connectivity index (χ2n) is 7.62. The number of nitrogens with one attached hydrogen (secondary N) is 2. The fourth-order valence-corrected chi connectivity index (χ4v) is 3.58. The van der Waals surface area contributed by atoms with Gasteiger partial charge in [0.15, 0.2) is 18.1 Å². The number of aryl methyl sites for hydroxylation is 2. The van der Waals surface area contributed by atoms with Crippen LogP contribution in [0.2, 0.25) is 0 Å². The van der Waals surface area contributed by atoms with E-state index in [1.807, 2.05) is 50.2 Å². The molecule has 32 heavy (non-hydrogen) atoms. The lowest BCUT2D eigenvalue weighted by molar-refractivity contribution is -0.118. The molecule has 0 unspecified atom stereocenters. The topological polar surface area (TPSA) is 59.6 Å². The molecule has 0 radical (unpaired) electrons. The first kappa shape index (κ1) is 23.8. The Labute approximate surface area is 198 Å². The summed E-state index contributed by atoms with van der Waals surface area (Å²) in [4.78, 5) is 12.3. The molecule has 168 valence electrons. The number of hydrogen-bond donors (Lipinski definition) is 2. The number of benzene rings is 3. The highest BCUT2D eigenvalue weighted by Crippen LogP contribution is 2.34.